The van der Waals surface area contributed by atoms with Crippen molar-refractivity contribution in [2.75, 3.05) is 13.2 Å². The second-order valence-electron chi connectivity index (χ2n) is 10.8. The largest absolute Gasteiger partial charge is 0.543 e. The van der Waals surface area contributed by atoms with Gasteiger partial charge in [-0.1, -0.05) is 20.8 Å². The maximum Gasteiger partial charge on any atom is 0.405 e. The Morgan fingerprint density at radius 2 is 1.58 bits per heavy atom. The molecule has 0 N–H and O–H groups in total. The molecule has 6 nitrogen and oxygen atoms in total. The highest BCUT2D eigenvalue weighted by atomic mass is 79.9. The zero-order valence-corrected chi connectivity index (χ0v) is 26.8. The van der Waals surface area contributed by atoms with Crippen LogP contribution in [0.1, 0.15) is 70.6 Å². The fraction of sp³-hybridized carbons (Fsp3) is 0.625. The topological polar surface area (TPSA) is 71.1 Å². The van der Waals surface area contributed by atoms with Gasteiger partial charge < -0.3 is 18.2 Å². The number of benzene rings is 1. The van der Waals surface area contributed by atoms with Gasteiger partial charge in [0, 0.05) is 9.86 Å². The molecule has 1 heterocycles. The third-order valence-electron chi connectivity index (χ3n) is 5.72. The number of rotatable bonds is 9. The number of thiophene rings is 1. The smallest absolute Gasteiger partial charge is 0.405 e. The third-order valence-corrected chi connectivity index (χ3v) is 14.7. The van der Waals surface area contributed by atoms with Gasteiger partial charge in [0.05, 0.1) is 23.5 Å². The first-order chi connectivity index (χ1) is 16.2. The fourth-order valence-electron chi connectivity index (χ4n) is 2.96. The average molecular weight is 630 g/mol. The molecular weight excluding hydrogens is 593 g/mol. The van der Waals surface area contributed by atoms with E-state index in [0.29, 0.717) is 15.8 Å². The second-order valence-corrected chi connectivity index (χ2v) is 19.4. The molecule has 0 fully saturated rings. The molecule has 36 heavy (non-hydrogen) atoms. The van der Waals surface area contributed by atoms with Crippen molar-refractivity contribution in [3.05, 3.63) is 27.0 Å². The molecule has 1 aromatic carbocycles. The summed E-state index contributed by atoms with van der Waals surface area (Å²) in [6.07, 6.45) is 0. The van der Waals surface area contributed by atoms with Crippen LogP contribution in [-0.4, -0.2) is 33.1 Å². The lowest BCUT2D eigenvalue weighted by molar-refractivity contribution is 0.00693. The molecule has 12 heteroatoms. The monoisotopic (exact) mass is 628 g/mol. The molecule has 0 atom stereocenters. The number of carbonyl (C=O) groups excluding carboxylic acids is 1. The second kappa shape index (κ2) is 10.7. The molecule has 0 saturated heterocycles. The van der Waals surface area contributed by atoms with Crippen molar-refractivity contribution in [2.24, 2.45) is 0 Å². The van der Waals surface area contributed by atoms with Gasteiger partial charge in [0.25, 0.3) is 8.32 Å². The minimum Gasteiger partial charge on any atom is -0.543 e. The van der Waals surface area contributed by atoms with E-state index in [1.54, 1.807) is 20.8 Å². The van der Waals surface area contributed by atoms with E-state index in [0.717, 1.165) is 11.3 Å². The lowest BCUT2D eigenvalue weighted by Gasteiger charge is -2.36. The summed E-state index contributed by atoms with van der Waals surface area (Å²) in [5.41, 5.74) is -4.53. The van der Waals surface area contributed by atoms with Crippen molar-refractivity contribution in [2.45, 2.75) is 84.8 Å². The van der Waals surface area contributed by atoms with Crippen molar-refractivity contribution in [3.63, 3.8) is 0 Å². The van der Waals surface area contributed by atoms with Crippen LogP contribution in [0, 0.1) is 0 Å². The average Bonchev–Trinajstić information content (AvgIpc) is 3.03. The first kappa shape index (κ1) is 31.4. The summed E-state index contributed by atoms with van der Waals surface area (Å²) in [7, 11) is -7.28. The van der Waals surface area contributed by atoms with Gasteiger partial charge in [-0.25, -0.2) is 4.79 Å². The maximum atomic E-state index is 15.8. The van der Waals surface area contributed by atoms with E-state index in [2.05, 4.69) is 36.7 Å². The molecule has 1 aromatic heterocycles. The number of hydrogen-bond acceptors (Lipinski definition) is 7. The summed E-state index contributed by atoms with van der Waals surface area (Å²) in [5, 5.41) is 0.133. The minimum atomic E-state index is -4.84. The van der Waals surface area contributed by atoms with Crippen LogP contribution in [0.3, 0.4) is 0 Å². The molecule has 0 aliphatic rings. The van der Waals surface area contributed by atoms with Gasteiger partial charge in [-0.15, -0.1) is 11.3 Å². The number of ether oxygens (including phenoxy) is 1. The summed E-state index contributed by atoms with van der Waals surface area (Å²) in [4.78, 5) is 12.4. The van der Waals surface area contributed by atoms with Crippen LogP contribution in [-0.2, 0) is 24.0 Å². The van der Waals surface area contributed by atoms with Gasteiger partial charge in [-0.05, 0) is 80.8 Å². The van der Waals surface area contributed by atoms with Crippen LogP contribution >= 0.6 is 34.9 Å². The highest BCUT2D eigenvalue weighted by Crippen LogP contribution is 2.69. The first-order valence-corrected chi connectivity index (χ1v) is 17.7. The molecule has 0 aliphatic heterocycles. The summed E-state index contributed by atoms with van der Waals surface area (Å²) >= 11 is 4.02. The number of halogens is 3. The summed E-state index contributed by atoms with van der Waals surface area (Å²) in [6.45, 7) is 18.0. The van der Waals surface area contributed by atoms with Crippen molar-refractivity contribution < 1.29 is 36.4 Å². The lowest BCUT2D eigenvalue weighted by atomic mass is 10.1. The van der Waals surface area contributed by atoms with Gasteiger partial charge >= 0.3 is 19.2 Å². The number of fused-ring (bicyclic) bond motifs is 1. The summed E-state index contributed by atoms with van der Waals surface area (Å²) in [6, 6.07) is 3.01. The Kier molecular flexibility index (Phi) is 9.35. The lowest BCUT2D eigenvalue weighted by Crippen LogP contribution is -2.43. The Balaban J connectivity index is 2.84. The van der Waals surface area contributed by atoms with Gasteiger partial charge in [0.1, 0.15) is 16.2 Å². The minimum absolute atomic E-state index is 0.00220. The van der Waals surface area contributed by atoms with Crippen molar-refractivity contribution in [1.29, 1.82) is 0 Å². The molecule has 0 bridgehead atoms. The van der Waals surface area contributed by atoms with Crippen LogP contribution in [0.25, 0.3) is 10.1 Å². The van der Waals surface area contributed by atoms with Gasteiger partial charge in [-0.3, -0.25) is 4.57 Å². The first-order valence-electron chi connectivity index (χ1n) is 11.7. The molecule has 0 amide bonds. The van der Waals surface area contributed by atoms with Gasteiger partial charge in [-0.2, -0.15) is 8.78 Å². The highest BCUT2D eigenvalue weighted by Gasteiger charge is 2.57. The Hall–Kier alpha value is -0.843. The molecule has 0 spiro atoms. The van der Waals surface area contributed by atoms with Crippen molar-refractivity contribution >= 4 is 59.2 Å². The molecule has 0 saturated carbocycles. The number of alkyl halides is 2. The van der Waals surface area contributed by atoms with Gasteiger partial charge in [0.2, 0.25) is 0 Å². The van der Waals surface area contributed by atoms with E-state index in [9.17, 15) is 9.36 Å². The Morgan fingerprint density at radius 1 is 1.06 bits per heavy atom. The molecule has 2 aromatic rings. The van der Waals surface area contributed by atoms with Crippen LogP contribution in [0.5, 0.6) is 5.75 Å². The van der Waals surface area contributed by atoms with E-state index in [1.165, 1.54) is 26.0 Å². The van der Waals surface area contributed by atoms with Crippen LogP contribution in [0.15, 0.2) is 16.6 Å². The Labute approximate surface area is 225 Å². The standard InChI is InChI=1S/C24H36BrF2O6PSSi/c1-11-30-34(29,31-12-2)24(26,27)20-18(25)16-13-15(21(28)32-22(3,4)5)14-17(19(16)35-20)33-36(9,10)23(6,7)8/h13-14H,11-12H2,1-10H3. The van der Waals surface area contributed by atoms with Crippen LogP contribution < -0.4 is 4.43 Å². The molecule has 0 aliphatic carbocycles. The number of carbonyl (C=O) groups is 1. The molecule has 204 valence electrons. The quantitative estimate of drug-likeness (QED) is 0.156. The number of esters is 1. The van der Waals surface area contributed by atoms with Gasteiger partial charge in [0.15, 0.2) is 0 Å². The van der Waals surface area contributed by atoms with E-state index < -0.39 is 38.0 Å². The van der Waals surface area contributed by atoms with E-state index in [1.807, 2.05) is 13.1 Å². The maximum absolute atomic E-state index is 15.8. The third kappa shape index (κ3) is 6.41. The van der Waals surface area contributed by atoms with Crippen LogP contribution in [0.2, 0.25) is 18.1 Å². The van der Waals surface area contributed by atoms with Crippen LogP contribution in [0.4, 0.5) is 8.78 Å². The van der Waals surface area contributed by atoms with E-state index in [4.69, 9.17) is 18.2 Å². The predicted molar refractivity (Wildman–Crippen MR) is 147 cm³/mol. The summed E-state index contributed by atoms with van der Waals surface area (Å²) in [5.74, 6) is -0.305. The molecule has 2 rings (SSSR count). The zero-order chi connectivity index (χ0) is 27.9. The zero-order valence-electron chi connectivity index (χ0n) is 22.5. The van der Waals surface area contributed by atoms with Crippen molar-refractivity contribution in [3.8, 4) is 5.75 Å². The predicted octanol–water partition coefficient (Wildman–Crippen LogP) is 9.32. The molecular formula is C24H36BrF2O6PSSi. The fourth-order valence-corrected chi connectivity index (χ4v) is 8.05. The van der Waals surface area contributed by atoms with E-state index in [-0.39, 0.29) is 28.3 Å². The molecule has 0 unspecified atom stereocenters. The molecule has 0 radical (unpaired) electrons. The number of hydrogen-bond donors (Lipinski definition) is 0. The van der Waals surface area contributed by atoms with E-state index >= 15 is 8.78 Å². The Bertz CT molecular complexity index is 1160. The normalized spacial score (nSPS) is 13.8. The highest BCUT2D eigenvalue weighted by molar-refractivity contribution is 9.10. The SMILES string of the molecule is CCOP(=O)(OCC)C(F)(F)c1sc2c(O[Si](C)(C)C(C)(C)C)cc(C(=O)OC(C)(C)C)cc2c1Br. The Morgan fingerprint density at radius 3 is 2.03 bits per heavy atom. The summed E-state index contributed by atoms with van der Waals surface area (Å²) < 4.78 is 67.1. The van der Waals surface area contributed by atoms with Crippen molar-refractivity contribution in [1.82, 2.24) is 0 Å².